The van der Waals surface area contributed by atoms with E-state index in [4.69, 9.17) is 5.11 Å². The van der Waals surface area contributed by atoms with Crippen LogP contribution in [-0.2, 0) is 0 Å². The first-order chi connectivity index (χ1) is 8.59. The summed E-state index contributed by atoms with van der Waals surface area (Å²) in [5, 5.41) is 12.0. The molecule has 0 bridgehead atoms. The predicted molar refractivity (Wildman–Crippen MR) is 68.0 cm³/mol. The van der Waals surface area contributed by atoms with Gasteiger partial charge in [0.2, 0.25) is 0 Å². The van der Waals surface area contributed by atoms with Crippen molar-refractivity contribution < 1.29 is 14.7 Å². The Morgan fingerprint density at radius 1 is 1.33 bits per heavy atom. The number of rotatable bonds is 3. The molecule has 1 aromatic carbocycles. The first kappa shape index (κ1) is 12.4. The second-order valence-electron chi connectivity index (χ2n) is 4.46. The maximum absolute atomic E-state index is 11.9. The normalized spacial score (nSPS) is 14.7. The van der Waals surface area contributed by atoms with Crippen molar-refractivity contribution in [2.24, 2.45) is 0 Å². The van der Waals surface area contributed by atoms with Crippen LogP contribution in [0, 0.1) is 0 Å². The molecule has 0 radical (unpaired) electrons. The third-order valence-electron chi connectivity index (χ3n) is 3.23. The molecule has 2 amide bonds. The molecule has 0 saturated heterocycles. The molecule has 0 atom stereocenters. The molecule has 2 N–H and O–H groups in total. The number of benzene rings is 1. The zero-order valence-electron chi connectivity index (χ0n) is 10.2. The Balaban J connectivity index is 2.14. The first-order valence-corrected chi connectivity index (χ1v) is 5.96. The molecule has 1 aliphatic rings. The molecule has 0 unspecified atom stereocenters. The van der Waals surface area contributed by atoms with E-state index in [0.717, 1.165) is 19.3 Å². The van der Waals surface area contributed by atoms with E-state index in [1.165, 1.54) is 11.0 Å². The van der Waals surface area contributed by atoms with E-state index in [0.29, 0.717) is 5.69 Å². The summed E-state index contributed by atoms with van der Waals surface area (Å²) in [5.74, 6) is -1.03. The number of carboxylic acids is 1. The molecule has 18 heavy (non-hydrogen) atoms. The Bertz CT molecular complexity index is 469. The van der Waals surface area contributed by atoms with Crippen LogP contribution in [0.4, 0.5) is 10.5 Å². The van der Waals surface area contributed by atoms with Crippen LogP contribution in [0.25, 0.3) is 0 Å². The SMILES string of the molecule is CN(C(=O)NC1CCC1)c1ccccc1C(=O)O. The van der Waals surface area contributed by atoms with E-state index in [1.54, 1.807) is 25.2 Å². The molecular formula is C13H16N2O3. The lowest BCUT2D eigenvalue weighted by Crippen LogP contribution is -2.46. The van der Waals surface area contributed by atoms with Crippen LogP contribution < -0.4 is 10.2 Å². The average Bonchev–Trinajstić information content (AvgIpc) is 2.32. The molecule has 96 valence electrons. The zero-order chi connectivity index (χ0) is 13.1. The summed E-state index contributed by atoms with van der Waals surface area (Å²) in [6, 6.07) is 6.46. The highest BCUT2D eigenvalue weighted by atomic mass is 16.4. The summed E-state index contributed by atoms with van der Waals surface area (Å²) in [6.07, 6.45) is 3.14. The summed E-state index contributed by atoms with van der Waals surface area (Å²) in [4.78, 5) is 24.4. The molecule has 1 aromatic rings. The van der Waals surface area contributed by atoms with Crippen molar-refractivity contribution in [3.8, 4) is 0 Å². The predicted octanol–water partition coefficient (Wildman–Crippen LogP) is 2.08. The van der Waals surface area contributed by atoms with Crippen molar-refractivity contribution >= 4 is 17.7 Å². The Morgan fingerprint density at radius 2 is 2.00 bits per heavy atom. The number of nitrogens with zero attached hydrogens (tertiary/aromatic N) is 1. The number of para-hydroxylation sites is 1. The van der Waals surface area contributed by atoms with Gasteiger partial charge in [-0.05, 0) is 31.4 Å². The third-order valence-corrected chi connectivity index (χ3v) is 3.23. The second-order valence-corrected chi connectivity index (χ2v) is 4.46. The van der Waals surface area contributed by atoms with Gasteiger partial charge < -0.3 is 10.4 Å². The molecule has 0 aliphatic heterocycles. The minimum Gasteiger partial charge on any atom is -0.478 e. The number of carbonyl (C=O) groups excluding carboxylic acids is 1. The summed E-state index contributed by atoms with van der Waals surface area (Å²) >= 11 is 0. The summed E-state index contributed by atoms with van der Waals surface area (Å²) in [6.45, 7) is 0. The minimum absolute atomic E-state index is 0.128. The van der Waals surface area contributed by atoms with Crippen LogP contribution in [0.5, 0.6) is 0 Å². The molecule has 0 aromatic heterocycles. The Kier molecular flexibility index (Phi) is 3.50. The number of amides is 2. The van der Waals surface area contributed by atoms with E-state index < -0.39 is 5.97 Å². The van der Waals surface area contributed by atoms with Gasteiger partial charge in [-0.25, -0.2) is 9.59 Å². The Labute approximate surface area is 105 Å². The monoisotopic (exact) mass is 248 g/mol. The van der Waals surface area contributed by atoms with Gasteiger partial charge in [-0.3, -0.25) is 4.90 Å². The maximum atomic E-state index is 11.9. The fourth-order valence-corrected chi connectivity index (χ4v) is 1.88. The van der Waals surface area contributed by atoms with Gasteiger partial charge in [0.25, 0.3) is 0 Å². The van der Waals surface area contributed by atoms with E-state index in [-0.39, 0.29) is 17.6 Å². The number of urea groups is 1. The highest BCUT2D eigenvalue weighted by Gasteiger charge is 2.23. The number of carboxylic acid groups (broad SMARTS) is 1. The van der Waals surface area contributed by atoms with Gasteiger partial charge in [-0.1, -0.05) is 12.1 Å². The average molecular weight is 248 g/mol. The second kappa shape index (κ2) is 5.08. The van der Waals surface area contributed by atoms with Crippen molar-refractivity contribution in [3.05, 3.63) is 29.8 Å². The molecule has 1 fully saturated rings. The molecule has 0 heterocycles. The highest BCUT2D eigenvalue weighted by Crippen LogP contribution is 2.21. The molecule has 1 aliphatic carbocycles. The van der Waals surface area contributed by atoms with Crippen molar-refractivity contribution in [3.63, 3.8) is 0 Å². The smallest absolute Gasteiger partial charge is 0.337 e. The number of hydrogen-bond donors (Lipinski definition) is 2. The van der Waals surface area contributed by atoms with Gasteiger partial charge in [0.1, 0.15) is 0 Å². The van der Waals surface area contributed by atoms with Crippen LogP contribution >= 0.6 is 0 Å². The van der Waals surface area contributed by atoms with Gasteiger partial charge in [-0.2, -0.15) is 0 Å². The van der Waals surface area contributed by atoms with Crippen LogP contribution in [0.15, 0.2) is 24.3 Å². The number of carbonyl (C=O) groups is 2. The number of aromatic carboxylic acids is 1. The minimum atomic E-state index is -1.03. The maximum Gasteiger partial charge on any atom is 0.337 e. The van der Waals surface area contributed by atoms with E-state index in [2.05, 4.69) is 5.32 Å². The third kappa shape index (κ3) is 2.45. The summed E-state index contributed by atoms with van der Waals surface area (Å²) in [7, 11) is 1.58. The van der Waals surface area contributed by atoms with Crippen LogP contribution in [0.2, 0.25) is 0 Å². The van der Waals surface area contributed by atoms with Crippen LogP contribution in [-0.4, -0.2) is 30.2 Å². The standard InChI is InChI=1S/C13H16N2O3/c1-15(13(18)14-9-5-4-6-9)11-8-3-2-7-10(11)12(16)17/h2-3,7-9H,4-6H2,1H3,(H,14,18)(H,16,17). The lowest BCUT2D eigenvalue weighted by Gasteiger charge is -2.29. The zero-order valence-corrected chi connectivity index (χ0v) is 10.2. The molecule has 5 nitrogen and oxygen atoms in total. The fraction of sp³-hybridized carbons (Fsp3) is 0.385. The van der Waals surface area contributed by atoms with Crippen molar-refractivity contribution in [2.45, 2.75) is 25.3 Å². The van der Waals surface area contributed by atoms with Crippen molar-refractivity contribution in [1.82, 2.24) is 5.32 Å². The van der Waals surface area contributed by atoms with Crippen molar-refractivity contribution in [1.29, 1.82) is 0 Å². The highest BCUT2D eigenvalue weighted by molar-refractivity contribution is 6.01. The lowest BCUT2D eigenvalue weighted by molar-refractivity contribution is 0.0697. The number of anilines is 1. The van der Waals surface area contributed by atoms with Gasteiger partial charge >= 0.3 is 12.0 Å². The Morgan fingerprint density at radius 3 is 2.56 bits per heavy atom. The van der Waals surface area contributed by atoms with Gasteiger partial charge in [0.15, 0.2) is 0 Å². The Hall–Kier alpha value is -2.04. The summed E-state index contributed by atoms with van der Waals surface area (Å²) < 4.78 is 0. The topological polar surface area (TPSA) is 69.6 Å². The van der Waals surface area contributed by atoms with E-state index in [9.17, 15) is 9.59 Å². The number of nitrogens with one attached hydrogen (secondary N) is 1. The first-order valence-electron chi connectivity index (χ1n) is 5.96. The van der Waals surface area contributed by atoms with E-state index >= 15 is 0 Å². The van der Waals surface area contributed by atoms with E-state index in [1.807, 2.05) is 0 Å². The number of hydrogen-bond acceptors (Lipinski definition) is 2. The van der Waals surface area contributed by atoms with Crippen LogP contribution in [0.1, 0.15) is 29.6 Å². The lowest BCUT2D eigenvalue weighted by atomic mass is 9.93. The van der Waals surface area contributed by atoms with Gasteiger partial charge in [0, 0.05) is 13.1 Å². The van der Waals surface area contributed by atoms with Crippen LogP contribution in [0.3, 0.4) is 0 Å². The fourth-order valence-electron chi connectivity index (χ4n) is 1.88. The van der Waals surface area contributed by atoms with Gasteiger partial charge in [-0.15, -0.1) is 0 Å². The van der Waals surface area contributed by atoms with Gasteiger partial charge in [0.05, 0.1) is 11.3 Å². The quantitative estimate of drug-likeness (QED) is 0.860. The molecular weight excluding hydrogens is 232 g/mol. The molecule has 5 heteroatoms. The molecule has 2 rings (SSSR count). The largest absolute Gasteiger partial charge is 0.478 e. The molecule has 1 saturated carbocycles. The van der Waals surface area contributed by atoms with Crippen molar-refractivity contribution in [2.75, 3.05) is 11.9 Å². The molecule has 0 spiro atoms. The summed E-state index contributed by atoms with van der Waals surface area (Å²) in [5.41, 5.74) is 0.533.